The summed E-state index contributed by atoms with van der Waals surface area (Å²) in [6, 6.07) is 1.41. The van der Waals surface area contributed by atoms with Gasteiger partial charge in [-0.3, -0.25) is 0 Å². The van der Waals surface area contributed by atoms with Crippen LogP contribution in [0.25, 0.3) is 0 Å². The zero-order valence-corrected chi connectivity index (χ0v) is 8.10. The molecule has 1 saturated carbocycles. The van der Waals surface area contributed by atoms with E-state index in [0.29, 0.717) is 11.9 Å². The Balaban J connectivity index is 2.21. The van der Waals surface area contributed by atoms with Gasteiger partial charge < -0.3 is 4.74 Å². The molecule has 0 bridgehead atoms. The van der Waals surface area contributed by atoms with E-state index >= 15 is 0 Å². The first-order chi connectivity index (χ1) is 6.29. The molecule has 0 atom stereocenters. The van der Waals surface area contributed by atoms with Crippen LogP contribution in [0.4, 0.5) is 4.39 Å². The molecule has 0 spiro atoms. The summed E-state index contributed by atoms with van der Waals surface area (Å²) in [7, 11) is 0. The fourth-order valence-corrected chi connectivity index (χ4v) is 1.53. The van der Waals surface area contributed by atoms with Gasteiger partial charge in [0.15, 0.2) is 5.75 Å². The summed E-state index contributed by atoms with van der Waals surface area (Å²) >= 11 is 1.47. The van der Waals surface area contributed by atoms with Crippen LogP contribution in [0.1, 0.15) is 12.8 Å². The van der Waals surface area contributed by atoms with Crippen molar-refractivity contribution in [1.82, 2.24) is 4.98 Å². The predicted molar refractivity (Wildman–Crippen MR) is 49.6 cm³/mol. The lowest BCUT2D eigenvalue weighted by Crippen LogP contribution is -1.98. The van der Waals surface area contributed by atoms with E-state index in [9.17, 15) is 4.39 Å². The summed E-state index contributed by atoms with van der Waals surface area (Å²) in [5.74, 6) is 0.254. The third-order valence-corrected chi connectivity index (χ3v) is 2.59. The van der Waals surface area contributed by atoms with E-state index in [1.54, 1.807) is 0 Å². The van der Waals surface area contributed by atoms with Crippen molar-refractivity contribution in [3.05, 3.63) is 18.2 Å². The fraction of sp³-hybridized carbons (Fsp3) is 0.444. The molecule has 1 aromatic heterocycles. The maximum absolute atomic E-state index is 12.7. The second-order valence-corrected chi connectivity index (χ2v) is 3.82. The first-order valence-corrected chi connectivity index (χ1v) is 5.38. The van der Waals surface area contributed by atoms with E-state index in [0.717, 1.165) is 17.7 Å². The standard InChI is InChI=1S/C9H10FNOS/c1-13-8-4-9(10)11-5-7(8)12-6-2-3-6/h4-6H,2-3H2,1H3. The number of thioether (sulfide) groups is 1. The number of rotatable bonds is 3. The number of hydrogen-bond acceptors (Lipinski definition) is 3. The summed E-state index contributed by atoms with van der Waals surface area (Å²) in [5.41, 5.74) is 0. The molecule has 0 radical (unpaired) electrons. The largest absolute Gasteiger partial charge is 0.488 e. The van der Waals surface area contributed by atoms with Gasteiger partial charge in [-0.15, -0.1) is 11.8 Å². The molecule has 0 aliphatic heterocycles. The molecule has 13 heavy (non-hydrogen) atoms. The molecule has 4 heteroatoms. The van der Waals surface area contributed by atoms with Gasteiger partial charge in [-0.05, 0) is 19.1 Å². The maximum Gasteiger partial charge on any atom is 0.214 e. The molecule has 70 valence electrons. The Morgan fingerprint density at radius 1 is 1.62 bits per heavy atom. The fourth-order valence-electron chi connectivity index (χ4n) is 1.01. The maximum atomic E-state index is 12.7. The molecular weight excluding hydrogens is 189 g/mol. The third-order valence-electron chi connectivity index (χ3n) is 1.84. The van der Waals surface area contributed by atoms with Crippen molar-refractivity contribution >= 4 is 11.8 Å². The highest BCUT2D eigenvalue weighted by molar-refractivity contribution is 7.98. The van der Waals surface area contributed by atoms with Gasteiger partial charge in [0.1, 0.15) is 0 Å². The van der Waals surface area contributed by atoms with Gasteiger partial charge in [0.05, 0.1) is 17.2 Å². The van der Waals surface area contributed by atoms with Crippen molar-refractivity contribution < 1.29 is 9.13 Å². The van der Waals surface area contributed by atoms with E-state index in [4.69, 9.17) is 4.74 Å². The monoisotopic (exact) mass is 199 g/mol. The lowest BCUT2D eigenvalue weighted by molar-refractivity contribution is 0.293. The zero-order valence-electron chi connectivity index (χ0n) is 7.29. The van der Waals surface area contributed by atoms with Gasteiger partial charge in [0.25, 0.3) is 0 Å². The molecule has 1 aliphatic rings. The Morgan fingerprint density at radius 3 is 3.00 bits per heavy atom. The van der Waals surface area contributed by atoms with Crippen LogP contribution in [0.5, 0.6) is 5.75 Å². The van der Waals surface area contributed by atoms with Gasteiger partial charge in [-0.1, -0.05) is 0 Å². The van der Waals surface area contributed by atoms with Crippen molar-refractivity contribution in [3.8, 4) is 5.75 Å². The van der Waals surface area contributed by atoms with Crippen molar-refractivity contribution in [2.75, 3.05) is 6.26 Å². The van der Waals surface area contributed by atoms with Crippen LogP contribution in [-0.2, 0) is 0 Å². The molecule has 0 aromatic carbocycles. The lowest BCUT2D eigenvalue weighted by atomic mass is 10.4. The lowest BCUT2D eigenvalue weighted by Gasteiger charge is -2.07. The summed E-state index contributed by atoms with van der Waals surface area (Å²) in [5, 5.41) is 0. The summed E-state index contributed by atoms with van der Waals surface area (Å²) in [6.07, 6.45) is 5.89. The average Bonchev–Trinajstić information content (AvgIpc) is 2.92. The van der Waals surface area contributed by atoms with Crippen LogP contribution in [0, 0.1) is 5.95 Å². The second-order valence-electron chi connectivity index (χ2n) is 2.98. The molecular formula is C9H10FNOS. The number of hydrogen-bond donors (Lipinski definition) is 0. The molecule has 1 aliphatic carbocycles. The predicted octanol–water partition coefficient (Wildman–Crippen LogP) is 2.48. The van der Waals surface area contributed by atoms with Crippen LogP contribution < -0.4 is 4.74 Å². The Bertz CT molecular complexity index is 314. The zero-order chi connectivity index (χ0) is 9.26. The Morgan fingerprint density at radius 2 is 2.38 bits per heavy atom. The minimum Gasteiger partial charge on any atom is -0.488 e. The molecule has 1 heterocycles. The highest BCUT2D eigenvalue weighted by atomic mass is 32.2. The van der Waals surface area contributed by atoms with E-state index in [1.807, 2.05) is 6.26 Å². The Kier molecular flexibility index (Phi) is 2.40. The van der Waals surface area contributed by atoms with Gasteiger partial charge in [-0.2, -0.15) is 4.39 Å². The smallest absolute Gasteiger partial charge is 0.214 e. The van der Waals surface area contributed by atoms with Crippen molar-refractivity contribution in [2.45, 2.75) is 23.8 Å². The Labute approximate surface area is 80.5 Å². The molecule has 0 saturated heterocycles. The number of aromatic nitrogens is 1. The van der Waals surface area contributed by atoms with Gasteiger partial charge in [0, 0.05) is 6.07 Å². The van der Waals surface area contributed by atoms with Crippen molar-refractivity contribution in [1.29, 1.82) is 0 Å². The SMILES string of the molecule is CSc1cc(F)ncc1OC1CC1. The van der Waals surface area contributed by atoms with Crippen molar-refractivity contribution in [2.24, 2.45) is 0 Å². The number of pyridine rings is 1. The summed E-state index contributed by atoms with van der Waals surface area (Å²) in [4.78, 5) is 4.38. The molecule has 0 N–H and O–H groups in total. The Hall–Kier alpha value is -0.770. The second kappa shape index (κ2) is 3.54. The van der Waals surface area contributed by atoms with E-state index in [1.165, 1.54) is 24.0 Å². The molecule has 2 rings (SSSR count). The first kappa shape index (κ1) is 8.81. The van der Waals surface area contributed by atoms with Crippen LogP contribution >= 0.6 is 11.8 Å². The quantitative estimate of drug-likeness (QED) is 0.551. The van der Waals surface area contributed by atoms with Gasteiger partial charge in [0.2, 0.25) is 5.95 Å². The number of nitrogens with zero attached hydrogens (tertiary/aromatic N) is 1. The third kappa shape index (κ3) is 2.12. The highest BCUT2D eigenvalue weighted by Crippen LogP contribution is 2.32. The normalized spacial score (nSPS) is 15.8. The molecule has 2 nitrogen and oxygen atoms in total. The van der Waals surface area contributed by atoms with Crippen LogP contribution in [-0.4, -0.2) is 17.3 Å². The molecule has 0 unspecified atom stereocenters. The van der Waals surface area contributed by atoms with E-state index in [-0.39, 0.29) is 0 Å². The highest BCUT2D eigenvalue weighted by Gasteiger charge is 2.24. The summed E-state index contributed by atoms with van der Waals surface area (Å²) in [6.45, 7) is 0. The number of halogens is 1. The molecule has 0 amide bonds. The number of ether oxygens (including phenoxy) is 1. The molecule has 1 aromatic rings. The first-order valence-electron chi connectivity index (χ1n) is 4.16. The average molecular weight is 199 g/mol. The van der Waals surface area contributed by atoms with Crippen LogP contribution in [0.2, 0.25) is 0 Å². The van der Waals surface area contributed by atoms with Gasteiger partial charge in [-0.25, -0.2) is 4.98 Å². The van der Waals surface area contributed by atoms with Crippen LogP contribution in [0.3, 0.4) is 0 Å². The van der Waals surface area contributed by atoms with Crippen LogP contribution in [0.15, 0.2) is 17.2 Å². The minimum absolute atomic E-state index is 0.332. The van der Waals surface area contributed by atoms with Crippen molar-refractivity contribution in [3.63, 3.8) is 0 Å². The van der Waals surface area contributed by atoms with E-state index < -0.39 is 5.95 Å². The summed E-state index contributed by atoms with van der Waals surface area (Å²) < 4.78 is 18.3. The molecule has 1 fully saturated rings. The topological polar surface area (TPSA) is 22.1 Å². The van der Waals surface area contributed by atoms with Gasteiger partial charge >= 0.3 is 0 Å². The minimum atomic E-state index is -0.451. The van der Waals surface area contributed by atoms with E-state index in [2.05, 4.69) is 4.98 Å².